The van der Waals surface area contributed by atoms with Crippen LogP contribution in [-0.4, -0.2) is 29.2 Å². The van der Waals surface area contributed by atoms with Crippen LogP contribution in [0.1, 0.15) is 59.8 Å². The summed E-state index contributed by atoms with van der Waals surface area (Å²) in [6, 6.07) is 5.74. The summed E-state index contributed by atoms with van der Waals surface area (Å²) < 4.78 is 5.29. The lowest BCUT2D eigenvalue weighted by atomic mass is 9.96. The molecule has 28 heavy (non-hydrogen) atoms. The Labute approximate surface area is 174 Å². The number of carbonyl (C=O) groups excluding carboxylic acids is 2. The zero-order valence-corrected chi connectivity index (χ0v) is 17.8. The fraction of sp³-hybridized carbons (Fsp3) is 0.476. The second-order valence-electron chi connectivity index (χ2n) is 6.66. The standard InChI is InChI=1S/C21H26N2O3S2/c1-2-26-21(25)19-15-9-5-3-4-6-10-16(15)28-20(19)23-17(24)12-14-27-18-11-7-8-13-22-18/h7-8,11,13H,2-6,9-10,12,14H2,1H3,(H,23,24). The van der Waals surface area contributed by atoms with Crippen molar-refractivity contribution in [3.8, 4) is 0 Å². The largest absolute Gasteiger partial charge is 0.462 e. The summed E-state index contributed by atoms with van der Waals surface area (Å²) in [5.74, 6) is 0.241. The van der Waals surface area contributed by atoms with Gasteiger partial charge in [-0.2, -0.15) is 0 Å². The molecule has 150 valence electrons. The summed E-state index contributed by atoms with van der Waals surface area (Å²) in [6.07, 6.45) is 8.57. The second-order valence-corrected chi connectivity index (χ2v) is 8.88. The second kappa shape index (κ2) is 10.6. The lowest BCUT2D eigenvalue weighted by molar-refractivity contribution is -0.115. The van der Waals surface area contributed by atoms with Crippen molar-refractivity contribution in [1.29, 1.82) is 0 Å². The maximum absolute atomic E-state index is 12.6. The average Bonchev–Trinajstić information content (AvgIpc) is 2.99. The van der Waals surface area contributed by atoms with Crippen molar-refractivity contribution >= 4 is 40.0 Å². The number of aromatic nitrogens is 1. The highest BCUT2D eigenvalue weighted by Crippen LogP contribution is 2.37. The molecular formula is C21H26N2O3S2. The first-order chi connectivity index (χ1) is 13.7. The van der Waals surface area contributed by atoms with E-state index in [4.69, 9.17) is 4.74 Å². The number of hydrogen-bond acceptors (Lipinski definition) is 6. The molecule has 0 spiro atoms. The molecule has 0 atom stereocenters. The zero-order chi connectivity index (χ0) is 19.8. The van der Waals surface area contributed by atoms with Gasteiger partial charge in [-0.15, -0.1) is 23.1 Å². The van der Waals surface area contributed by atoms with E-state index in [0.29, 0.717) is 29.3 Å². The number of nitrogens with one attached hydrogen (secondary N) is 1. The molecule has 5 nitrogen and oxygen atoms in total. The Hall–Kier alpha value is -1.86. The zero-order valence-electron chi connectivity index (χ0n) is 16.2. The molecule has 2 aromatic rings. The van der Waals surface area contributed by atoms with Gasteiger partial charge in [0.15, 0.2) is 0 Å². The third kappa shape index (κ3) is 5.58. The molecule has 0 aliphatic heterocycles. The van der Waals surface area contributed by atoms with Crippen molar-refractivity contribution in [2.45, 2.75) is 56.9 Å². The summed E-state index contributed by atoms with van der Waals surface area (Å²) in [7, 11) is 0. The maximum atomic E-state index is 12.6. The molecule has 2 aromatic heterocycles. The van der Waals surface area contributed by atoms with E-state index in [1.807, 2.05) is 18.2 Å². The van der Waals surface area contributed by atoms with Gasteiger partial charge in [0.2, 0.25) is 5.91 Å². The Morgan fingerprint density at radius 3 is 2.79 bits per heavy atom. The van der Waals surface area contributed by atoms with Gasteiger partial charge in [-0.25, -0.2) is 9.78 Å². The molecule has 0 aromatic carbocycles. The Morgan fingerprint density at radius 2 is 2.04 bits per heavy atom. The van der Waals surface area contributed by atoms with Crippen LogP contribution >= 0.6 is 23.1 Å². The number of rotatable bonds is 7. The molecule has 1 amide bonds. The highest BCUT2D eigenvalue weighted by molar-refractivity contribution is 7.99. The van der Waals surface area contributed by atoms with Gasteiger partial charge >= 0.3 is 5.97 Å². The van der Waals surface area contributed by atoms with Crippen LogP contribution in [0.2, 0.25) is 0 Å². The van der Waals surface area contributed by atoms with Crippen LogP contribution in [0.15, 0.2) is 29.4 Å². The van der Waals surface area contributed by atoms with E-state index in [1.165, 1.54) is 17.7 Å². The van der Waals surface area contributed by atoms with E-state index in [1.54, 1.807) is 36.2 Å². The smallest absolute Gasteiger partial charge is 0.341 e. The van der Waals surface area contributed by atoms with Gasteiger partial charge in [0, 0.05) is 23.2 Å². The first-order valence-electron chi connectivity index (χ1n) is 9.84. The van der Waals surface area contributed by atoms with Crippen molar-refractivity contribution < 1.29 is 14.3 Å². The molecule has 7 heteroatoms. The van der Waals surface area contributed by atoms with Crippen LogP contribution in [0.4, 0.5) is 5.00 Å². The van der Waals surface area contributed by atoms with Gasteiger partial charge in [0.05, 0.1) is 17.2 Å². The molecular weight excluding hydrogens is 392 g/mol. The minimum atomic E-state index is -0.321. The lowest BCUT2D eigenvalue weighted by Crippen LogP contribution is -2.15. The molecule has 0 saturated carbocycles. The number of anilines is 1. The van der Waals surface area contributed by atoms with E-state index in [-0.39, 0.29) is 11.9 Å². The van der Waals surface area contributed by atoms with E-state index in [2.05, 4.69) is 10.3 Å². The van der Waals surface area contributed by atoms with E-state index < -0.39 is 0 Å². The van der Waals surface area contributed by atoms with Gasteiger partial charge in [-0.1, -0.05) is 18.9 Å². The van der Waals surface area contributed by atoms with Gasteiger partial charge < -0.3 is 10.1 Å². The number of ether oxygens (including phenoxy) is 1. The van der Waals surface area contributed by atoms with Gasteiger partial charge in [-0.3, -0.25) is 4.79 Å². The minimum absolute atomic E-state index is 0.0804. The predicted molar refractivity (Wildman–Crippen MR) is 114 cm³/mol. The number of aryl methyl sites for hydroxylation is 1. The van der Waals surface area contributed by atoms with E-state index in [9.17, 15) is 9.59 Å². The number of carbonyl (C=O) groups is 2. The Morgan fingerprint density at radius 1 is 1.21 bits per heavy atom. The number of amides is 1. The number of pyridine rings is 1. The Kier molecular flexibility index (Phi) is 7.91. The lowest BCUT2D eigenvalue weighted by Gasteiger charge is -2.11. The van der Waals surface area contributed by atoms with E-state index in [0.717, 1.165) is 36.3 Å². The minimum Gasteiger partial charge on any atom is -0.462 e. The molecule has 0 radical (unpaired) electrons. The quantitative estimate of drug-likeness (QED) is 0.500. The Bertz CT molecular complexity index is 805. The summed E-state index contributed by atoms with van der Waals surface area (Å²) in [5, 5.41) is 4.53. The van der Waals surface area contributed by atoms with Gasteiger partial charge in [0.1, 0.15) is 5.00 Å². The van der Waals surface area contributed by atoms with Gasteiger partial charge in [-0.05, 0) is 50.3 Å². The monoisotopic (exact) mass is 418 g/mol. The van der Waals surface area contributed by atoms with Crippen LogP contribution in [-0.2, 0) is 22.4 Å². The maximum Gasteiger partial charge on any atom is 0.341 e. The number of thiophene rings is 1. The van der Waals surface area contributed by atoms with Crippen molar-refractivity contribution in [3.63, 3.8) is 0 Å². The average molecular weight is 419 g/mol. The number of fused-ring (bicyclic) bond motifs is 1. The molecule has 1 aliphatic rings. The predicted octanol–water partition coefficient (Wildman–Crippen LogP) is 5.10. The van der Waals surface area contributed by atoms with Crippen molar-refractivity contribution in [1.82, 2.24) is 4.98 Å². The van der Waals surface area contributed by atoms with Crippen LogP contribution in [0.3, 0.4) is 0 Å². The topological polar surface area (TPSA) is 68.3 Å². The van der Waals surface area contributed by atoms with Crippen LogP contribution < -0.4 is 5.32 Å². The SMILES string of the molecule is CCOC(=O)c1c(NC(=O)CCSc2ccccn2)sc2c1CCCCCC2. The normalized spacial score (nSPS) is 13.9. The van der Waals surface area contributed by atoms with Crippen molar-refractivity contribution in [2.24, 2.45) is 0 Å². The molecule has 2 heterocycles. The number of esters is 1. The van der Waals surface area contributed by atoms with Crippen LogP contribution in [0, 0.1) is 0 Å². The van der Waals surface area contributed by atoms with E-state index >= 15 is 0 Å². The van der Waals surface area contributed by atoms with Crippen LogP contribution in [0.25, 0.3) is 0 Å². The van der Waals surface area contributed by atoms with Crippen molar-refractivity contribution in [3.05, 3.63) is 40.4 Å². The first kappa shape index (κ1) is 20.9. The number of hydrogen-bond donors (Lipinski definition) is 1. The number of thioether (sulfide) groups is 1. The molecule has 1 aliphatic carbocycles. The highest BCUT2D eigenvalue weighted by Gasteiger charge is 2.26. The molecule has 0 saturated heterocycles. The third-order valence-corrected chi connectivity index (χ3v) is 6.77. The van der Waals surface area contributed by atoms with Crippen molar-refractivity contribution in [2.75, 3.05) is 17.7 Å². The Balaban J connectivity index is 1.69. The van der Waals surface area contributed by atoms with Crippen LogP contribution in [0.5, 0.6) is 0 Å². The molecule has 3 rings (SSSR count). The molecule has 0 bridgehead atoms. The first-order valence-corrected chi connectivity index (χ1v) is 11.6. The number of nitrogens with zero attached hydrogens (tertiary/aromatic N) is 1. The summed E-state index contributed by atoms with van der Waals surface area (Å²) >= 11 is 3.10. The summed E-state index contributed by atoms with van der Waals surface area (Å²) in [6.45, 7) is 2.14. The fourth-order valence-corrected chi connectivity index (χ4v) is 5.40. The summed E-state index contributed by atoms with van der Waals surface area (Å²) in [4.78, 5) is 30.6. The fourth-order valence-electron chi connectivity index (χ4n) is 3.30. The molecule has 0 fully saturated rings. The summed E-state index contributed by atoms with van der Waals surface area (Å²) in [5.41, 5.74) is 1.66. The highest BCUT2D eigenvalue weighted by atomic mass is 32.2. The third-order valence-electron chi connectivity index (χ3n) is 4.62. The molecule has 0 unspecified atom stereocenters. The van der Waals surface area contributed by atoms with Gasteiger partial charge in [0.25, 0.3) is 0 Å². The molecule has 1 N–H and O–H groups in total.